The molecule has 0 aliphatic heterocycles. The van der Waals surface area contributed by atoms with Gasteiger partial charge in [0.25, 0.3) is 5.91 Å². The second-order valence-electron chi connectivity index (χ2n) is 6.02. The van der Waals surface area contributed by atoms with Crippen molar-refractivity contribution >= 4 is 5.91 Å². The van der Waals surface area contributed by atoms with E-state index >= 15 is 0 Å². The zero-order valence-electron chi connectivity index (χ0n) is 14.6. The molecule has 0 atom stereocenters. The molecular formula is C19H24N2O3. The minimum atomic E-state index is -0.0196. The summed E-state index contributed by atoms with van der Waals surface area (Å²) in [6, 6.07) is 12.9. The second kappa shape index (κ2) is 8.34. The van der Waals surface area contributed by atoms with Crippen LogP contribution in [0.3, 0.4) is 0 Å². The van der Waals surface area contributed by atoms with Gasteiger partial charge in [0.05, 0.1) is 0 Å². The van der Waals surface area contributed by atoms with E-state index in [1.807, 2.05) is 44.7 Å². The first-order chi connectivity index (χ1) is 11.5. The zero-order valence-corrected chi connectivity index (χ0v) is 14.6. The number of ether oxygens (including phenoxy) is 2. The maximum atomic E-state index is 12.3. The first-order valence-electron chi connectivity index (χ1n) is 8.10. The van der Waals surface area contributed by atoms with Crippen molar-refractivity contribution < 1.29 is 14.3 Å². The number of amides is 1. The third-order valence-corrected chi connectivity index (χ3v) is 3.45. The Labute approximate surface area is 143 Å². The number of rotatable bonds is 7. The molecule has 0 aliphatic carbocycles. The summed E-state index contributed by atoms with van der Waals surface area (Å²) in [5.41, 5.74) is 0. The lowest BCUT2D eigenvalue weighted by Gasteiger charge is -2.30. The van der Waals surface area contributed by atoms with Gasteiger partial charge in [-0.15, -0.1) is 0 Å². The molecule has 0 spiro atoms. The van der Waals surface area contributed by atoms with Crippen LogP contribution in [-0.2, 0) is 4.79 Å². The number of nitrogens with zero attached hydrogens (tertiary/aromatic N) is 2. The molecule has 0 saturated heterocycles. The highest BCUT2D eigenvalue weighted by molar-refractivity contribution is 5.78. The number of hydrogen-bond acceptors (Lipinski definition) is 4. The molecule has 0 fully saturated rings. The van der Waals surface area contributed by atoms with Crippen molar-refractivity contribution in [3.05, 3.63) is 48.7 Å². The van der Waals surface area contributed by atoms with Crippen LogP contribution >= 0.6 is 0 Å². The first-order valence-corrected chi connectivity index (χ1v) is 8.10. The molecule has 2 rings (SSSR count). The van der Waals surface area contributed by atoms with Gasteiger partial charge in [-0.2, -0.15) is 0 Å². The van der Waals surface area contributed by atoms with E-state index in [0.717, 1.165) is 0 Å². The summed E-state index contributed by atoms with van der Waals surface area (Å²) in [6.45, 7) is 8.03. The van der Waals surface area contributed by atoms with E-state index < -0.39 is 0 Å². The summed E-state index contributed by atoms with van der Waals surface area (Å²) in [6.07, 6.45) is 1.67. The van der Waals surface area contributed by atoms with Crippen LogP contribution in [0.1, 0.15) is 27.7 Å². The van der Waals surface area contributed by atoms with Crippen molar-refractivity contribution in [1.29, 1.82) is 0 Å². The minimum Gasteiger partial charge on any atom is -0.484 e. The summed E-state index contributed by atoms with van der Waals surface area (Å²) < 4.78 is 11.2. The molecule has 0 aliphatic rings. The zero-order chi connectivity index (χ0) is 17.5. The number of pyridine rings is 1. The van der Waals surface area contributed by atoms with E-state index in [-0.39, 0.29) is 24.6 Å². The average molecular weight is 328 g/mol. The molecule has 0 unspecified atom stereocenters. The van der Waals surface area contributed by atoms with Crippen LogP contribution in [0.25, 0.3) is 0 Å². The Hall–Kier alpha value is -2.56. The number of carbonyl (C=O) groups excluding carboxylic acids is 1. The van der Waals surface area contributed by atoms with Gasteiger partial charge in [0.15, 0.2) is 6.61 Å². The average Bonchev–Trinajstić information content (AvgIpc) is 2.54. The predicted molar refractivity (Wildman–Crippen MR) is 93.4 cm³/mol. The Morgan fingerprint density at radius 1 is 1.00 bits per heavy atom. The largest absolute Gasteiger partial charge is 0.484 e. The molecule has 0 N–H and O–H groups in total. The van der Waals surface area contributed by atoms with Crippen molar-refractivity contribution in [2.24, 2.45) is 0 Å². The number of carbonyl (C=O) groups is 1. The fourth-order valence-electron chi connectivity index (χ4n) is 2.52. The van der Waals surface area contributed by atoms with Crippen LogP contribution in [0.5, 0.6) is 17.4 Å². The fourth-order valence-corrected chi connectivity index (χ4v) is 2.52. The summed E-state index contributed by atoms with van der Waals surface area (Å²) in [4.78, 5) is 18.2. The molecular weight excluding hydrogens is 304 g/mol. The third-order valence-electron chi connectivity index (χ3n) is 3.45. The molecule has 5 nitrogen and oxygen atoms in total. The highest BCUT2D eigenvalue weighted by Gasteiger charge is 2.20. The van der Waals surface area contributed by atoms with E-state index in [1.165, 1.54) is 0 Å². The van der Waals surface area contributed by atoms with Crippen LogP contribution < -0.4 is 9.47 Å². The second-order valence-corrected chi connectivity index (χ2v) is 6.02. The van der Waals surface area contributed by atoms with Gasteiger partial charge in [-0.1, -0.05) is 6.07 Å². The van der Waals surface area contributed by atoms with Gasteiger partial charge in [0.1, 0.15) is 11.5 Å². The standard InChI is InChI=1S/C19H24N2O3/c1-14(2)21(15(3)4)19(22)13-23-16-8-10-17(11-9-16)24-18-7-5-6-12-20-18/h5-12,14-15H,13H2,1-4H3. The van der Waals surface area contributed by atoms with Gasteiger partial charge in [0, 0.05) is 24.3 Å². The molecule has 2 aromatic rings. The van der Waals surface area contributed by atoms with Gasteiger partial charge in [-0.05, 0) is 58.0 Å². The molecule has 0 bridgehead atoms. The highest BCUT2D eigenvalue weighted by Crippen LogP contribution is 2.22. The monoisotopic (exact) mass is 328 g/mol. The van der Waals surface area contributed by atoms with Crippen LogP contribution in [0.2, 0.25) is 0 Å². The molecule has 0 saturated carbocycles. The Morgan fingerprint density at radius 2 is 1.62 bits per heavy atom. The Morgan fingerprint density at radius 3 is 2.17 bits per heavy atom. The van der Waals surface area contributed by atoms with Crippen LogP contribution in [0.15, 0.2) is 48.7 Å². The lowest BCUT2D eigenvalue weighted by Crippen LogP contribution is -2.44. The van der Waals surface area contributed by atoms with Crippen molar-refractivity contribution in [3.8, 4) is 17.4 Å². The van der Waals surface area contributed by atoms with Gasteiger partial charge in [-0.3, -0.25) is 4.79 Å². The molecule has 1 aromatic heterocycles. The number of benzene rings is 1. The molecule has 1 amide bonds. The number of aromatic nitrogens is 1. The summed E-state index contributed by atoms with van der Waals surface area (Å²) in [5, 5.41) is 0. The maximum Gasteiger partial charge on any atom is 0.260 e. The van der Waals surface area contributed by atoms with Gasteiger partial charge >= 0.3 is 0 Å². The van der Waals surface area contributed by atoms with Crippen molar-refractivity contribution in [1.82, 2.24) is 9.88 Å². The summed E-state index contributed by atoms with van der Waals surface area (Å²) >= 11 is 0. The van der Waals surface area contributed by atoms with E-state index in [1.54, 1.807) is 36.5 Å². The molecule has 5 heteroatoms. The first kappa shape index (κ1) is 17.8. The molecule has 128 valence electrons. The summed E-state index contributed by atoms with van der Waals surface area (Å²) in [7, 11) is 0. The smallest absolute Gasteiger partial charge is 0.260 e. The van der Waals surface area contributed by atoms with Crippen molar-refractivity contribution in [3.63, 3.8) is 0 Å². The van der Waals surface area contributed by atoms with E-state index in [2.05, 4.69) is 4.98 Å². The van der Waals surface area contributed by atoms with Gasteiger partial charge in [0.2, 0.25) is 5.88 Å². The lowest BCUT2D eigenvalue weighted by atomic mass is 10.2. The minimum absolute atomic E-state index is 0.0196. The topological polar surface area (TPSA) is 51.7 Å². The molecule has 1 heterocycles. The van der Waals surface area contributed by atoms with Crippen LogP contribution in [0.4, 0.5) is 0 Å². The normalized spacial score (nSPS) is 10.8. The van der Waals surface area contributed by atoms with Gasteiger partial charge < -0.3 is 14.4 Å². The fraction of sp³-hybridized carbons (Fsp3) is 0.368. The highest BCUT2D eigenvalue weighted by atomic mass is 16.5. The van der Waals surface area contributed by atoms with Crippen molar-refractivity contribution in [2.75, 3.05) is 6.61 Å². The Balaban J connectivity index is 1.91. The molecule has 1 aromatic carbocycles. The summed E-state index contributed by atoms with van der Waals surface area (Å²) in [5.74, 6) is 1.81. The van der Waals surface area contributed by atoms with Crippen LogP contribution in [-0.4, -0.2) is 34.5 Å². The Kier molecular flexibility index (Phi) is 6.18. The molecule has 24 heavy (non-hydrogen) atoms. The van der Waals surface area contributed by atoms with E-state index in [0.29, 0.717) is 17.4 Å². The van der Waals surface area contributed by atoms with Gasteiger partial charge in [-0.25, -0.2) is 4.98 Å². The Bertz CT molecular complexity index is 631. The van der Waals surface area contributed by atoms with E-state index in [9.17, 15) is 4.79 Å². The SMILES string of the molecule is CC(C)N(C(=O)COc1ccc(Oc2ccccn2)cc1)C(C)C. The predicted octanol–water partition coefficient (Wildman–Crippen LogP) is 3.90. The quantitative estimate of drug-likeness (QED) is 0.773. The van der Waals surface area contributed by atoms with Crippen molar-refractivity contribution in [2.45, 2.75) is 39.8 Å². The molecule has 0 radical (unpaired) electrons. The van der Waals surface area contributed by atoms with Crippen LogP contribution in [0, 0.1) is 0 Å². The maximum absolute atomic E-state index is 12.3. The third kappa shape index (κ3) is 4.98. The van der Waals surface area contributed by atoms with E-state index in [4.69, 9.17) is 9.47 Å². The number of hydrogen-bond donors (Lipinski definition) is 0. The lowest BCUT2D eigenvalue weighted by molar-refractivity contribution is -0.136.